The van der Waals surface area contributed by atoms with Crippen molar-refractivity contribution in [3.8, 4) is 0 Å². The monoisotopic (exact) mass is 375 g/mol. The van der Waals surface area contributed by atoms with E-state index in [9.17, 15) is 13.6 Å². The van der Waals surface area contributed by atoms with Gasteiger partial charge in [-0.25, -0.2) is 8.78 Å². The Kier molecular flexibility index (Phi) is 6.27. The van der Waals surface area contributed by atoms with Crippen molar-refractivity contribution in [1.82, 2.24) is 0 Å². The molecule has 0 saturated heterocycles. The number of nitrogens with one attached hydrogen (secondary N) is 1. The van der Waals surface area contributed by atoms with E-state index in [4.69, 9.17) is 23.2 Å². The minimum atomic E-state index is -0.809. The number of rotatable bonds is 5. The summed E-state index contributed by atoms with van der Waals surface area (Å²) in [6.07, 6.45) is 0. The van der Waals surface area contributed by atoms with E-state index in [1.54, 1.807) is 25.1 Å². The molecule has 0 aromatic heterocycles. The Bertz CT molecular complexity index is 707. The van der Waals surface area contributed by atoms with Crippen LogP contribution in [-0.4, -0.2) is 11.2 Å². The zero-order valence-corrected chi connectivity index (χ0v) is 14.4. The molecule has 0 radical (unpaired) electrons. The predicted molar refractivity (Wildman–Crippen MR) is 92.2 cm³/mol. The normalized spacial score (nSPS) is 12.0. The number of carbonyl (C=O) groups excluding carboxylic acids is 1. The van der Waals surface area contributed by atoms with Crippen LogP contribution in [0.25, 0.3) is 0 Å². The third-order valence-corrected chi connectivity index (χ3v) is 4.86. The van der Waals surface area contributed by atoms with Crippen LogP contribution in [0.15, 0.2) is 36.4 Å². The Morgan fingerprint density at radius 2 is 1.87 bits per heavy atom. The van der Waals surface area contributed by atoms with Crippen LogP contribution in [0, 0.1) is 11.6 Å². The second-order valence-corrected chi connectivity index (χ2v) is 6.95. The van der Waals surface area contributed by atoms with E-state index in [1.807, 2.05) is 0 Å². The number of para-hydroxylation sites is 1. The summed E-state index contributed by atoms with van der Waals surface area (Å²) >= 11 is 13.2. The molecule has 2 aromatic carbocycles. The van der Waals surface area contributed by atoms with Crippen molar-refractivity contribution >= 4 is 46.6 Å². The zero-order chi connectivity index (χ0) is 17.0. The molecule has 2 rings (SSSR count). The average molecular weight is 376 g/mol. The highest BCUT2D eigenvalue weighted by Crippen LogP contribution is 2.27. The topological polar surface area (TPSA) is 29.1 Å². The number of amides is 1. The Hall–Kier alpha value is -1.30. The summed E-state index contributed by atoms with van der Waals surface area (Å²) in [5.41, 5.74) is 0.396. The maximum atomic E-state index is 13.5. The average Bonchev–Trinajstić information content (AvgIpc) is 2.49. The van der Waals surface area contributed by atoms with Crippen molar-refractivity contribution in [2.75, 3.05) is 5.32 Å². The van der Waals surface area contributed by atoms with Crippen molar-refractivity contribution in [3.63, 3.8) is 0 Å². The molecule has 0 spiro atoms. The van der Waals surface area contributed by atoms with Crippen molar-refractivity contribution in [1.29, 1.82) is 0 Å². The summed E-state index contributed by atoms with van der Waals surface area (Å²) in [4.78, 5) is 12.1. The molecular weight excluding hydrogens is 363 g/mol. The Balaban J connectivity index is 1.97. The molecule has 2 nitrogen and oxygen atoms in total. The van der Waals surface area contributed by atoms with Gasteiger partial charge in [-0.3, -0.25) is 4.79 Å². The summed E-state index contributed by atoms with van der Waals surface area (Å²) in [7, 11) is 0. The maximum Gasteiger partial charge on any atom is 0.237 e. The summed E-state index contributed by atoms with van der Waals surface area (Å²) in [5, 5.41) is 2.81. The fourth-order valence-electron chi connectivity index (χ4n) is 1.77. The number of hydrogen-bond acceptors (Lipinski definition) is 2. The molecule has 1 N–H and O–H groups in total. The molecule has 7 heteroatoms. The SMILES string of the molecule is CC(SCc1ccc(Cl)cc1Cl)C(=O)Nc1c(F)cccc1F. The van der Waals surface area contributed by atoms with E-state index in [1.165, 1.54) is 17.8 Å². The van der Waals surface area contributed by atoms with Crippen LogP contribution < -0.4 is 5.32 Å². The lowest BCUT2D eigenvalue weighted by Crippen LogP contribution is -2.23. The summed E-state index contributed by atoms with van der Waals surface area (Å²) in [6.45, 7) is 1.66. The van der Waals surface area contributed by atoms with Gasteiger partial charge in [0.1, 0.15) is 17.3 Å². The van der Waals surface area contributed by atoms with E-state index < -0.39 is 28.5 Å². The highest BCUT2D eigenvalue weighted by molar-refractivity contribution is 7.99. The molecule has 23 heavy (non-hydrogen) atoms. The van der Waals surface area contributed by atoms with Crippen LogP contribution in [0.4, 0.5) is 14.5 Å². The van der Waals surface area contributed by atoms with Crippen LogP contribution in [0.3, 0.4) is 0 Å². The van der Waals surface area contributed by atoms with Gasteiger partial charge in [-0.15, -0.1) is 11.8 Å². The van der Waals surface area contributed by atoms with Gasteiger partial charge < -0.3 is 5.32 Å². The third-order valence-electron chi connectivity index (χ3n) is 3.08. The minimum Gasteiger partial charge on any atom is -0.320 e. The van der Waals surface area contributed by atoms with Gasteiger partial charge >= 0.3 is 0 Å². The van der Waals surface area contributed by atoms with E-state index >= 15 is 0 Å². The maximum absolute atomic E-state index is 13.5. The van der Waals surface area contributed by atoms with Crippen molar-refractivity contribution in [3.05, 3.63) is 63.6 Å². The predicted octanol–water partition coefficient (Wildman–Crippen LogP) is 5.53. The Labute approximate surface area is 147 Å². The fourth-order valence-corrected chi connectivity index (χ4v) is 3.22. The van der Waals surface area contributed by atoms with Gasteiger partial charge in [0, 0.05) is 15.8 Å². The standard InChI is InChI=1S/C16H13Cl2F2NOS/c1-9(23-8-10-5-6-11(17)7-12(10)18)16(22)21-15-13(19)3-2-4-14(15)20/h2-7,9H,8H2,1H3,(H,21,22). The van der Waals surface area contributed by atoms with Crippen molar-refractivity contribution in [2.45, 2.75) is 17.9 Å². The molecule has 1 amide bonds. The highest BCUT2D eigenvalue weighted by Gasteiger charge is 2.18. The smallest absolute Gasteiger partial charge is 0.237 e. The number of benzene rings is 2. The third kappa shape index (κ3) is 4.83. The van der Waals surface area contributed by atoms with E-state index in [0.717, 1.165) is 17.7 Å². The first-order valence-corrected chi connectivity index (χ1v) is 8.49. The fraction of sp³-hybridized carbons (Fsp3) is 0.188. The molecule has 0 saturated carbocycles. The van der Waals surface area contributed by atoms with Crippen molar-refractivity contribution < 1.29 is 13.6 Å². The molecule has 122 valence electrons. The summed E-state index contributed by atoms with van der Waals surface area (Å²) in [6, 6.07) is 8.52. The van der Waals surface area contributed by atoms with E-state index in [2.05, 4.69) is 5.32 Å². The molecular formula is C16H13Cl2F2NOS. The Morgan fingerprint density at radius 3 is 2.48 bits per heavy atom. The van der Waals surface area contributed by atoms with Crippen LogP contribution in [0.2, 0.25) is 10.0 Å². The largest absolute Gasteiger partial charge is 0.320 e. The molecule has 0 aliphatic carbocycles. The molecule has 0 aliphatic heterocycles. The lowest BCUT2D eigenvalue weighted by atomic mass is 10.2. The van der Waals surface area contributed by atoms with Gasteiger partial charge in [0.15, 0.2) is 0 Å². The van der Waals surface area contributed by atoms with Gasteiger partial charge in [-0.2, -0.15) is 0 Å². The van der Waals surface area contributed by atoms with Gasteiger partial charge in [0.2, 0.25) is 5.91 Å². The zero-order valence-electron chi connectivity index (χ0n) is 12.1. The van der Waals surface area contributed by atoms with Gasteiger partial charge in [0.05, 0.1) is 5.25 Å². The van der Waals surface area contributed by atoms with Crippen LogP contribution in [-0.2, 0) is 10.5 Å². The van der Waals surface area contributed by atoms with Crippen LogP contribution in [0.5, 0.6) is 0 Å². The molecule has 0 aliphatic rings. The lowest BCUT2D eigenvalue weighted by molar-refractivity contribution is -0.115. The van der Waals surface area contributed by atoms with E-state index in [0.29, 0.717) is 15.8 Å². The molecule has 0 fully saturated rings. The highest BCUT2D eigenvalue weighted by atomic mass is 35.5. The summed E-state index contributed by atoms with van der Waals surface area (Å²) in [5.74, 6) is -1.62. The van der Waals surface area contributed by atoms with Gasteiger partial charge in [-0.05, 0) is 36.8 Å². The first kappa shape index (κ1) is 18.0. The number of carbonyl (C=O) groups is 1. The van der Waals surface area contributed by atoms with Crippen molar-refractivity contribution in [2.24, 2.45) is 0 Å². The van der Waals surface area contributed by atoms with Gasteiger partial charge in [-0.1, -0.05) is 35.3 Å². The molecule has 2 aromatic rings. The second-order valence-electron chi connectivity index (χ2n) is 4.77. The lowest BCUT2D eigenvalue weighted by Gasteiger charge is -2.13. The minimum absolute atomic E-state index is 0.436. The van der Waals surface area contributed by atoms with Crippen LogP contribution >= 0.6 is 35.0 Å². The number of hydrogen-bond donors (Lipinski definition) is 1. The number of halogens is 4. The quantitative estimate of drug-likeness (QED) is 0.743. The molecule has 0 bridgehead atoms. The molecule has 0 heterocycles. The molecule has 1 unspecified atom stereocenters. The number of anilines is 1. The van der Waals surface area contributed by atoms with Gasteiger partial charge in [0.25, 0.3) is 0 Å². The van der Waals surface area contributed by atoms with E-state index in [-0.39, 0.29) is 0 Å². The van der Waals surface area contributed by atoms with Crippen LogP contribution in [0.1, 0.15) is 12.5 Å². The number of thioether (sulfide) groups is 1. The first-order chi connectivity index (χ1) is 10.9. The second kappa shape index (κ2) is 7.99. The summed E-state index contributed by atoms with van der Waals surface area (Å²) < 4.78 is 27.0. The Morgan fingerprint density at radius 1 is 1.22 bits per heavy atom. The molecule has 1 atom stereocenters. The first-order valence-electron chi connectivity index (χ1n) is 6.69.